The van der Waals surface area contributed by atoms with Crippen LogP contribution in [0.2, 0.25) is 0 Å². The number of aryl methyl sites for hydroxylation is 1. The van der Waals surface area contributed by atoms with Crippen molar-refractivity contribution in [3.63, 3.8) is 0 Å². The summed E-state index contributed by atoms with van der Waals surface area (Å²) >= 11 is 0. The lowest BCUT2D eigenvalue weighted by Crippen LogP contribution is -2.23. The van der Waals surface area contributed by atoms with E-state index in [1.807, 2.05) is 12.1 Å². The van der Waals surface area contributed by atoms with Crippen molar-refractivity contribution in [2.45, 2.75) is 33.1 Å². The van der Waals surface area contributed by atoms with Crippen molar-refractivity contribution in [3.05, 3.63) is 35.4 Å². The fraction of sp³-hybridized carbons (Fsp3) is 0.500. The van der Waals surface area contributed by atoms with Crippen molar-refractivity contribution >= 4 is 5.91 Å². The molecule has 2 heteroatoms. The fourth-order valence-corrected chi connectivity index (χ4v) is 2.01. The van der Waals surface area contributed by atoms with Crippen LogP contribution in [-0.2, 0) is 4.79 Å². The van der Waals surface area contributed by atoms with Gasteiger partial charge in [-0.15, -0.1) is 0 Å². The molecule has 0 heterocycles. The smallest absolute Gasteiger partial charge is 0.220 e. The highest BCUT2D eigenvalue weighted by atomic mass is 16.1. The van der Waals surface area contributed by atoms with Crippen LogP contribution in [0.1, 0.15) is 37.3 Å². The molecule has 0 aromatic heterocycles. The zero-order valence-corrected chi connectivity index (χ0v) is 10.6. The molecular formula is C14H21NO. The molecule has 16 heavy (non-hydrogen) atoms. The molecule has 1 amide bonds. The molecule has 1 rings (SSSR count). The Bertz CT molecular complexity index is 358. The van der Waals surface area contributed by atoms with Crippen LogP contribution in [0.5, 0.6) is 0 Å². The summed E-state index contributed by atoms with van der Waals surface area (Å²) in [6.07, 6.45) is 0.568. The van der Waals surface area contributed by atoms with Crippen molar-refractivity contribution in [1.29, 1.82) is 0 Å². The third kappa shape index (κ3) is 3.09. The maximum atomic E-state index is 11.5. The lowest BCUT2D eigenvalue weighted by atomic mass is 9.83. The Morgan fingerprint density at radius 3 is 2.44 bits per heavy atom. The van der Waals surface area contributed by atoms with Crippen LogP contribution in [0.15, 0.2) is 24.3 Å². The summed E-state index contributed by atoms with van der Waals surface area (Å²) in [5, 5.41) is 2.70. The van der Waals surface area contributed by atoms with Gasteiger partial charge in [-0.05, 0) is 29.9 Å². The molecule has 1 aromatic carbocycles. The standard InChI is InChI=1S/C14H21NO/c1-10(2)13(9-14(16)15-4)12-8-6-5-7-11(12)3/h5-8,10,13H,9H2,1-4H3,(H,15,16). The lowest BCUT2D eigenvalue weighted by Gasteiger charge is -2.22. The Balaban J connectivity index is 2.94. The molecular weight excluding hydrogens is 198 g/mol. The van der Waals surface area contributed by atoms with E-state index in [-0.39, 0.29) is 5.91 Å². The van der Waals surface area contributed by atoms with E-state index < -0.39 is 0 Å². The normalized spacial score (nSPS) is 12.6. The van der Waals surface area contributed by atoms with Crippen molar-refractivity contribution in [1.82, 2.24) is 5.32 Å². The van der Waals surface area contributed by atoms with Gasteiger partial charge in [0.05, 0.1) is 0 Å². The van der Waals surface area contributed by atoms with Crippen molar-refractivity contribution in [2.24, 2.45) is 5.92 Å². The summed E-state index contributed by atoms with van der Waals surface area (Å²) in [6.45, 7) is 6.44. The van der Waals surface area contributed by atoms with Crippen LogP contribution in [0, 0.1) is 12.8 Å². The Labute approximate surface area is 98.1 Å². The molecule has 0 radical (unpaired) electrons. The minimum atomic E-state index is 0.113. The molecule has 0 saturated carbocycles. The summed E-state index contributed by atoms with van der Waals surface area (Å²) in [6, 6.07) is 8.31. The zero-order chi connectivity index (χ0) is 12.1. The highest BCUT2D eigenvalue weighted by Gasteiger charge is 2.20. The van der Waals surface area contributed by atoms with Crippen LogP contribution >= 0.6 is 0 Å². The van der Waals surface area contributed by atoms with Gasteiger partial charge in [0.25, 0.3) is 0 Å². The predicted octanol–water partition coefficient (Wildman–Crippen LogP) is 2.87. The van der Waals surface area contributed by atoms with Crippen LogP contribution in [-0.4, -0.2) is 13.0 Å². The average molecular weight is 219 g/mol. The zero-order valence-electron chi connectivity index (χ0n) is 10.6. The van der Waals surface area contributed by atoms with Gasteiger partial charge in [0.2, 0.25) is 5.91 Å². The van der Waals surface area contributed by atoms with E-state index in [1.165, 1.54) is 11.1 Å². The van der Waals surface area contributed by atoms with Crippen LogP contribution < -0.4 is 5.32 Å². The number of carbonyl (C=O) groups is 1. The number of hydrogen-bond acceptors (Lipinski definition) is 1. The van der Waals surface area contributed by atoms with Gasteiger partial charge < -0.3 is 5.32 Å². The van der Waals surface area contributed by atoms with Gasteiger partial charge in [0, 0.05) is 13.5 Å². The lowest BCUT2D eigenvalue weighted by molar-refractivity contribution is -0.121. The molecule has 1 aromatic rings. The maximum absolute atomic E-state index is 11.5. The first kappa shape index (κ1) is 12.8. The topological polar surface area (TPSA) is 29.1 Å². The highest BCUT2D eigenvalue weighted by Crippen LogP contribution is 2.29. The molecule has 0 spiro atoms. The van der Waals surface area contributed by atoms with Gasteiger partial charge in [-0.2, -0.15) is 0 Å². The summed E-state index contributed by atoms with van der Waals surface area (Å²) < 4.78 is 0. The summed E-state index contributed by atoms with van der Waals surface area (Å²) in [7, 11) is 1.69. The summed E-state index contributed by atoms with van der Waals surface area (Å²) in [5.74, 6) is 0.890. The maximum Gasteiger partial charge on any atom is 0.220 e. The van der Waals surface area contributed by atoms with Gasteiger partial charge in [0.1, 0.15) is 0 Å². The van der Waals surface area contributed by atoms with Crippen molar-refractivity contribution in [3.8, 4) is 0 Å². The van der Waals surface area contributed by atoms with Gasteiger partial charge >= 0.3 is 0 Å². The largest absolute Gasteiger partial charge is 0.359 e. The molecule has 1 unspecified atom stereocenters. The minimum Gasteiger partial charge on any atom is -0.359 e. The molecule has 88 valence electrons. The first-order valence-electron chi connectivity index (χ1n) is 5.82. The van der Waals surface area contributed by atoms with Crippen molar-refractivity contribution < 1.29 is 4.79 Å². The average Bonchev–Trinajstić information content (AvgIpc) is 2.26. The van der Waals surface area contributed by atoms with E-state index >= 15 is 0 Å². The number of rotatable bonds is 4. The van der Waals surface area contributed by atoms with E-state index in [0.717, 1.165) is 0 Å². The number of amides is 1. The highest BCUT2D eigenvalue weighted by molar-refractivity contribution is 5.76. The van der Waals surface area contributed by atoms with E-state index in [2.05, 4.69) is 38.2 Å². The quantitative estimate of drug-likeness (QED) is 0.829. The molecule has 1 atom stereocenters. The second kappa shape index (κ2) is 5.69. The third-order valence-corrected chi connectivity index (χ3v) is 3.08. The molecule has 0 aliphatic rings. The van der Waals surface area contributed by atoms with Gasteiger partial charge in [0.15, 0.2) is 0 Å². The van der Waals surface area contributed by atoms with E-state index in [1.54, 1.807) is 7.05 Å². The monoisotopic (exact) mass is 219 g/mol. The minimum absolute atomic E-state index is 0.113. The third-order valence-electron chi connectivity index (χ3n) is 3.08. The Morgan fingerprint density at radius 1 is 1.31 bits per heavy atom. The molecule has 0 fully saturated rings. The van der Waals surface area contributed by atoms with Gasteiger partial charge in [-0.1, -0.05) is 38.1 Å². The molecule has 0 bridgehead atoms. The van der Waals surface area contributed by atoms with E-state index in [0.29, 0.717) is 18.3 Å². The van der Waals surface area contributed by atoms with Crippen LogP contribution in [0.3, 0.4) is 0 Å². The van der Waals surface area contributed by atoms with Crippen LogP contribution in [0.25, 0.3) is 0 Å². The predicted molar refractivity (Wildman–Crippen MR) is 67.4 cm³/mol. The summed E-state index contributed by atoms with van der Waals surface area (Å²) in [4.78, 5) is 11.5. The van der Waals surface area contributed by atoms with E-state index in [9.17, 15) is 4.79 Å². The summed E-state index contributed by atoms with van der Waals surface area (Å²) in [5.41, 5.74) is 2.56. The molecule has 1 N–H and O–H groups in total. The first-order chi connectivity index (χ1) is 7.56. The molecule has 0 aliphatic carbocycles. The second-order valence-electron chi connectivity index (χ2n) is 4.58. The number of nitrogens with one attached hydrogen (secondary N) is 1. The Kier molecular flexibility index (Phi) is 4.53. The fourth-order valence-electron chi connectivity index (χ4n) is 2.01. The van der Waals surface area contributed by atoms with Crippen LogP contribution in [0.4, 0.5) is 0 Å². The Morgan fingerprint density at radius 2 is 1.94 bits per heavy atom. The first-order valence-corrected chi connectivity index (χ1v) is 5.82. The van der Waals surface area contributed by atoms with Gasteiger partial charge in [-0.3, -0.25) is 4.79 Å². The Hall–Kier alpha value is -1.31. The number of benzene rings is 1. The SMILES string of the molecule is CNC(=O)CC(c1ccccc1C)C(C)C. The van der Waals surface area contributed by atoms with E-state index in [4.69, 9.17) is 0 Å². The molecule has 0 aliphatic heterocycles. The molecule has 2 nitrogen and oxygen atoms in total. The second-order valence-corrected chi connectivity index (χ2v) is 4.58. The van der Waals surface area contributed by atoms with Gasteiger partial charge in [-0.25, -0.2) is 0 Å². The number of hydrogen-bond donors (Lipinski definition) is 1. The number of carbonyl (C=O) groups excluding carboxylic acids is 1. The van der Waals surface area contributed by atoms with Crippen molar-refractivity contribution in [2.75, 3.05) is 7.05 Å². The molecule has 0 saturated heterocycles.